The maximum Gasteiger partial charge on any atom is 0.337 e. The van der Waals surface area contributed by atoms with E-state index in [0.717, 1.165) is 12.8 Å². The van der Waals surface area contributed by atoms with E-state index >= 15 is 0 Å². The van der Waals surface area contributed by atoms with Gasteiger partial charge in [0.2, 0.25) is 6.29 Å². The normalized spacial score (nSPS) is 40.4. The van der Waals surface area contributed by atoms with Gasteiger partial charge in [-0.3, -0.25) is 0 Å². The number of fused-ring (bicyclic) bond motifs is 1. The molecule has 2 saturated heterocycles. The first-order valence-electron chi connectivity index (χ1n) is 11.6. The number of allylic oxidation sites excluding steroid dienone is 1. The van der Waals surface area contributed by atoms with Crippen molar-refractivity contribution in [1.29, 1.82) is 0 Å². The van der Waals surface area contributed by atoms with Crippen LogP contribution in [0.1, 0.15) is 33.1 Å². The highest BCUT2D eigenvalue weighted by Gasteiger charge is 2.51. The molecule has 0 aromatic carbocycles. The van der Waals surface area contributed by atoms with Crippen LogP contribution in [0.2, 0.25) is 0 Å². The fraction of sp³-hybridized carbons (Fsp3) is 0.783. The number of hydrogen-bond donors (Lipinski definition) is 4. The van der Waals surface area contributed by atoms with Crippen molar-refractivity contribution in [2.24, 2.45) is 11.8 Å². The zero-order chi connectivity index (χ0) is 24.8. The number of carbonyl (C=O) groups excluding carboxylic acids is 1. The zero-order valence-corrected chi connectivity index (χ0v) is 19.7. The Kier molecular flexibility index (Phi) is 9.86. The van der Waals surface area contributed by atoms with Gasteiger partial charge in [-0.25, -0.2) is 4.79 Å². The average molecular weight is 489 g/mol. The molecule has 10 atom stereocenters. The van der Waals surface area contributed by atoms with E-state index in [1.54, 1.807) is 6.92 Å². The van der Waals surface area contributed by atoms with Crippen molar-refractivity contribution < 1.29 is 53.6 Å². The number of aliphatic hydroxyl groups excluding tert-OH is 4. The van der Waals surface area contributed by atoms with Gasteiger partial charge >= 0.3 is 5.97 Å². The van der Waals surface area contributed by atoms with Crippen LogP contribution in [0.4, 0.5) is 0 Å². The zero-order valence-electron chi connectivity index (χ0n) is 19.7. The second kappa shape index (κ2) is 12.4. The third-order valence-electron chi connectivity index (χ3n) is 6.39. The Bertz CT molecular complexity index is 724. The number of carbonyl (C=O) groups is 1. The molecule has 4 N–H and O–H groups in total. The van der Waals surface area contributed by atoms with Gasteiger partial charge in [-0.05, 0) is 19.8 Å². The highest BCUT2D eigenvalue weighted by molar-refractivity contribution is 5.88. The predicted molar refractivity (Wildman–Crippen MR) is 116 cm³/mol. The molecule has 3 aliphatic rings. The third kappa shape index (κ3) is 5.97. The largest absolute Gasteiger partial charge is 0.471 e. The molecule has 11 nitrogen and oxygen atoms in total. The Morgan fingerprint density at radius 2 is 1.91 bits per heavy atom. The molecule has 194 valence electrons. The number of rotatable bonds is 9. The van der Waals surface area contributed by atoms with E-state index in [1.807, 2.05) is 6.08 Å². The van der Waals surface area contributed by atoms with E-state index in [9.17, 15) is 25.2 Å². The van der Waals surface area contributed by atoms with Crippen LogP contribution in [-0.2, 0) is 33.2 Å². The molecule has 0 spiro atoms. The summed E-state index contributed by atoms with van der Waals surface area (Å²) in [6.45, 7) is 3.74. The number of ether oxygens (including phenoxy) is 6. The minimum atomic E-state index is -1.59. The topological polar surface area (TPSA) is 153 Å². The van der Waals surface area contributed by atoms with Crippen LogP contribution in [-0.4, -0.2) is 96.1 Å². The quantitative estimate of drug-likeness (QED) is 0.196. The van der Waals surface area contributed by atoms with Crippen LogP contribution in [0.3, 0.4) is 0 Å². The van der Waals surface area contributed by atoms with E-state index in [2.05, 4.69) is 13.0 Å². The summed E-state index contributed by atoms with van der Waals surface area (Å²) in [6, 6.07) is 0. The summed E-state index contributed by atoms with van der Waals surface area (Å²) in [6.07, 6.45) is -1.83. The van der Waals surface area contributed by atoms with Crippen molar-refractivity contribution in [3.05, 3.63) is 24.0 Å². The Morgan fingerprint density at radius 1 is 1.15 bits per heavy atom. The van der Waals surface area contributed by atoms with Crippen LogP contribution >= 0.6 is 0 Å². The SMILES string of the molecule is CC/C=C/CCOC1CC2C(C(=O)OC)=CO[C@@H](O[C@@H]3O[C@H](CO)[C@@H](O)[C@H](O)[C@H]3O)C2[C@H](C)O1. The Labute approximate surface area is 198 Å². The average Bonchev–Trinajstić information content (AvgIpc) is 2.83. The Morgan fingerprint density at radius 3 is 2.59 bits per heavy atom. The van der Waals surface area contributed by atoms with Crippen LogP contribution in [0.25, 0.3) is 0 Å². The van der Waals surface area contributed by atoms with Gasteiger partial charge in [0.25, 0.3) is 0 Å². The molecule has 0 bridgehead atoms. The van der Waals surface area contributed by atoms with Crippen LogP contribution in [0.5, 0.6) is 0 Å². The van der Waals surface area contributed by atoms with Crippen molar-refractivity contribution in [2.45, 2.75) is 82.5 Å². The molecule has 0 aliphatic carbocycles. The van der Waals surface area contributed by atoms with Gasteiger partial charge in [-0.2, -0.15) is 0 Å². The summed E-state index contributed by atoms with van der Waals surface area (Å²) < 4.78 is 33.8. The molecule has 2 fully saturated rings. The summed E-state index contributed by atoms with van der Waals surface area (Å²) >= 11 is 0. The minimum absolute atomic E-state index is 0.316. The second-order valence-electron chi connectivity index (χ2n) is 8.63. The molecule has 0 saturated carbocycles. The predicted octanol–water partition coefficient (Wildman–Crippen LogP) is -0.0437. The number of methoxy groups -OCH3 is 1. The molecule has 0 aromatic rings. The standard InChI is InChI=1S/C23H36O11/c1-4-5-6-7-8-30-16-9-13-14(21(28)29-3)11-31-22(17(13)12(2)32-16)34-23-20(27)19(26)18(25)15(10-24)33-23/h5-6,11-13,15-20,22-27H,4,7-10H2,1-3H3/b6-5+/t12-,13?,15+,16?,17?,18+,19-,20+,22-,23-/m0/s1. The summed E-state index contributed by atoms with van der Waals surface area (Å²) in [4.78, 5) is 12.4. The van der Waals surface area contributed by atoms with Crippen molar-refractivity contribution in [1.82, 2.24) is 0 Å². The summed E-state index contributed by atoms with van der Waals surface area (Å²) in [5.74, 6) is -1.43. The number of hydrogen-bond acceptors (Lipinski definition) is 11. The molecule has 34 heavy (non-hydrogen) atoms. The van der Waals surface area contributed by atoms with Crippen LogP contribution in [0, 0.1) is 11.8 Å². The van der Waals surface area contributed by atoms with Gasteiger partial charge in [0.15, 0.2) is 12.6 Å². The van der Waals surface area contributed by atoms with Gasteiger partial charge < -0.3 is 48.8 Å². The molecule has 3 aliphatic heterocycles. The fourth-order valence-electron chi connectivity index (χ4n) is 4.55. The summed E-state index contributed by atoms with van der Waals surface area (Å²) in [5.41, 5.74) is 0.316. The van der Waals surface area contributed by atoms with Crippen molar-refractivity contribution in [3.8, 4) is 0 Å². The van der Waals surface area contributed by atoms with Gasteiger partial charge in [0, 0.05) is 12.3 Å². The first kappa shape index (κ1) is 27.0. The Balaban J connectivity index is 1.74. The lowest BCUT2D eigenvalue weighted by Crippen LogP contribution is -2.61. The summed E-state index contributed by atoms with van der Waals surface area (Å²) in [5, 5.41) is 39.8. The van der Waals surface area contributed by atoms with Crippen molar-refractivity contribution in [3.63, 3.8) is 0 Å². The lowest BCUT2D eigenvalue weighted by molar-refractivity contribution is -0.353. The molecular weight excluding hydrogens is 452 g/mol. The monoisotopic (exact) mass is 488 g/mol. The van der Waals surface area contributed by atoms with Crippen LogP contribution in [0.15, 0.2) is 24.0 Å². The van der Waals surface area contributed by atoms with Crippen molar-refractivity contribution >= 4 is 5.97 Å². The highest BCUT2D eigenvalue weighted by Crippen LogP contribution is 2.43. The Hall–Kier alpha value is -1.57. The molecule has 3 unspecified atom stereocenters. The van der Waals surface area contributed by atoms with E-state index < -0.39 is 73.8 Å². The van der Waals surface area contributed by atoms with Gasteiger partial charge in [0.1, 0.15) is 24.4 Å². The lowest BCUT2D eigenvalue weighted by Gasteiger charge is -2.47. The van der Waals surface area contributed by atoms with E-state index in [4.69, 9.17) is 28.4 Å². The molecule has 0 amide bonds. The van der Waals surface area contributed by atoms with Crippen molar-refractivity contribution in [2.75, 3.05) is 20.3 Å². The molecule has 3 rings (SSSR count). The smallest absolute Gasteiger partial charge is 0.337 e. The fourth-order valence-corrected chi connectivity index (χ4v) is 4.55. The lowest BCUT2D eigenvalue weighted by atomic mass is 9.77. The molecular formula is C23H36O11. The minimum Gasteiger partial charge on any atom is -0.471 e. The van der Waals surface area contributed by atoms with Gasteiger partial charge in [-0.15, -0.1) is 0 Å². The molecule has 0 aromatic heterocycles. The van der Waals surface area contributed by atoms with E-state index in [-0.39, 0.29) is 0 Å². The number of aliphatic hydroxyl groups is 4. The maximum atomic E-state index is 12.4. The highest BCUT2D eigenvalue weighted by atomic mass is 16.8. The van der Waals surface area contributed by atoms with Gasteiger partial charge in [0.05, 0.1) is 44.2 Å². The first-order chi connectivity index (χ1) is 16.3. The molecule has 0 radical (unpaired) electrons. The number of esters is 1. The van der Waals surface area contributed by atoms with E-state index in [0.29, 0.717) is 18.6 Å². The van der Waals surface area contributed by atoms with Crippen LogP contribution < -0.4 is 0 Å². The summed E-state index contributed by atoms with van der Waals surface area (Å²) in [7, 11) is 1.28. The third-order valence-corrected chi connectivity index (χ3v) is 6.39. The van der Waals surface area contributed by atoms with E-state index in [1.165, 1.54) is 13.4 Å². The second-order valence-corrected chi connectivity index (χ2v) is 8.63. The van der Waals surface area contributed by atoms with Gasteiger partial charge in [-0.1, -0.05) is 19.1 Å². The first-order valence-corrected chi connectivity index (χ1v) is 11.6. The maximum absolute atomic E-state index is 12.4. The molecule has 3 heterocycles. The molecule has 11 heteroatoms.